The van der Waals surface area contributed by atoms with Gasteiger partial charge in [0.25, 0.3) is 0 Å². The summed E-state index contributed by atoms with van der Waals surface area (Å²) >= 11 is 6.46. The van der Waals surface area contributed by atoms with Crippen LogP contribution in [-0.2, 0) is 16.1 Å². The number of carbonyl (C=O) groups is 2. The summed E-state index contributed by atoms with van der Waals surface area (Å²) in [6.45, 7) is 8.06. The molecule has 36 heavy (non-hydrogen) atoms. The number of aromatic nitrogens is 3. The summed E-state index contributed by atoms with van der Waals surface area (Å²) in [6, 6.07) is 5.72. The molecule has 1 aliphatic carbocycles. The summed E-state index contributed by atoms with van der Waals surface area (Å²) in [5.74, 6) is 0.249. The molecule has 3 fully saturated rings. The van der Waals surface area contributed by atoms with Gasteiger partial charge in [-0.1, -0.05) is 25.4 Å². The SMILES string of the molecule is Cc1cc(Cl)cc(-c2ncnn3cc(CN4C(=O)C5C(C4=O)C5(C)C)cc23)c1OC1CCNCC1.Cl. The number of amides is 2. The van der Waals surface area contributed by atoms with E-state index in [4.69, 9.17) is 16.3 Å². The van der Waals surface area contributed by atoms with Gasteiger partial charge in [-0.25, -0.2) is 9.50 Å². The standard InChI is InChI=1S/C26H28ClN5O3.ClH/c1-14-8-16(27)10-18(23(14)35-17-4-6-28-7-5-17)22-19-9-15(12-32(19)30-13-29-22)11-31-24(33)20-21(25(31)34)26(20,2)3;/h8-10,12-13,17,20-21,28H,4-7,11H2,1-3H3;1H. The van der Waals surface area contributed by atoms with Crippen molar-refractivity contribution in [1.82, 2.24) is 24.8 Å². The zero-order valence-corrected chi connectivity index (χ0v) is 22.0. The van der Waals surface area contributed by atoms with E-state index in [1.807, 2.05) is 45.2 Å². The number of rotatable bonds is 5. The van der Waals surface area contributed by atoms with Gasteiger partial charge in [0.1, 0.15) is 23.9 Å². The number of halogens is 2. The third-order valence-electron chi connectivity index (χ3n) is 7.76. The van der Waals surface area contributed by atoms with Gasteiger partial charge in [-0.2, -0.15) is 5.10 Å². The number of carbonyl (C=O) groups excluding carboxylic acids is 2. The molecule has 2 saturated heterocycles. The van der Waals surface area contributed by atoms with Crippen LogP contribution in [0.2, 0.25) is 5.02 Å². The lowest BCUT2D eigenvalue weighted by Gasteiger charge is -2.26. The molecule has 190 valence electrons. The zero-order chi connectivity index (χ0) is 24.5. The van der Waals surface area contributed by atoms with Crippen LogP contribution in [0.25, 0.3) is 16.8 Å². The number of ether oxygens (including phenoxy) is 1. The maximum Gasteiger partial charge on any atom is 0.233 e. The molecule has 3 aromatic rings. The Morgan fingerprint density at radius 3 is 2.53 bits per heavy atom. The first-order valence-electron chi connectivity index (χ1n) is 12.1. The van der Waals surface area contributed by atoms with Crippen LogP contribution in [0.15, 0.2) is 30.7 Å². The zero-order valence-electron chi connectivity index (χ0n) is 20.5. The minimum absolute atomic E-state index is 0. The van der Waals surface area contributed by atoms with Crippen molar-refractivity contribution < 1.29 is 14.3 Å². The smallest absolute Gasteiger partial charge is 0.233 e. The molecule has 4 heterocycles. The van der Waals surface area contributed by atoms with E-state index in [0.717, 1.165) is 53.9 Å². The number of nitrogens with one attached hydrogen (secondary N) is 1. The van der Waals surface area contributed by atoms with E-state index in [9.17, 15) is 9.59 Å². The maximum atomic E-state index is 12.8. The number of piperidine rings is 2. The average molecular weight is 530 g/mol. The van der Waals surface area contributed by atoms with Crippen molar-refractivity contribution in [3.05, 3.63) is 46.9 Å². The van der Waals surface area contributed by atoms with Gasteiger partial charge in [-0.15, -0.1) is 12.4 Å². The van der Waals surface area contributed by atoms with Crippen molar-refractivity contribution in [2.45, 2.75) is 46.3 Å². The van der Waals surface area contributed by atoms with Gasteiger partial charge in [0, 0.05) is 16.8 Å². The lowest BCUT2D eigenvalue weighted by Crippen LogP contribution is -2.35. The third-order valence-corrected chi connectivity index (χ3v) is 7.98. The number of hydrogen-bond donors (Lipinski definition) is 1. The molecule has 1 saturated carbocycles. The highest BCUT2D eigenvalue weighted by Crippen LogP contribution is 2.63. The van der Waals surface area contributed by atoms with Crippen LogP contribution in [0.4, 0.5) is 0 Å². The first kappa shape index (κ1) is 25.0. The van der Waals surface area contributed by atoms with E-state index in [2.05, 4.69) is 15.4 Å². The molecule has 8 nitrogen and oxygen atoms in total. The van der Waals surface area contributed by atoms with Gasteiger partial charge >= 0.3 is 0 Å². The second-order valence-electron chi connectivity index (χ2n) is 10.5. The predicted octanol–water partition coefficient (Wildman–Crippen LogP) is 4.05. The minimum atomic E-state index is -0.218. The van der Waals surface area contributed by atoms with E-state index in [1.54, 1.807) is 4.52 Å². The fourth-order valence-electron chi connectivity index (χ4n) is 5.76. The van der Waals surface area contributed by atoms with E-state index in [1.165, 1.54) is 11.2 Å². The second-order valence-corrected chi connectivity index (χ2v) is 10.9. The Balaban J connectivity index is 0.00000267. The number of imide groups is 1. The second kappa shape index (κ2) is 9.01. The molecule has 3 aliphatic rings. The van der Waals surface area contributed by atoms with Gasteiger partial charge in [0.05, 0.1) is 23.9 Å². The van der Waals surface area contributed by atoms with E-state index < -0.39 is 0 Å². The monoisotopic (exact) mass is 529 g/mol. The van der Waals surface area contributed by atoms with Crippen molar-refractivity contribution in [3.8, 4) is 17.0 Å². The van der Waals surface area contributed by atoms with Crippen LogP contribution in [0.5, 0.6) is 5.75 Å². The fourth-order valence-corrected chi connectivity index (χ4v) is 6.03. The molecule has 2 unspecified atom stereocenters. The Morgan fingerprint density at radius 1 is 1.14 bits per heavy atom. The molecule has 1 aromatic carbocycles. The van der Waals surface area contributed by atoms with Gasteiger partial charge in [0.2, 0.25) is 11.8 Å². The highest BCUT2D eigenvalue weighted by molar-refractivity contribution is 6.31. The van der Waals surface area contributed by atoms with E-state index in [-0.39, 0.29) is 54.1 Å². The van der Waals surface area contributed by atoms with Crippen molar-refractivity contribution >= 4 is 41.3 Å². The summed E-state index contributed by atoms with van der Waals surface area (Å²) in [4.78, 5) is 31.6. The number of hydrogen-bond acceptors (Lipinski definition) is 6. The highest BCUT2D eigenvalue weighted by Gasteiger charge is 2.72. The molecular weight excluding hydrogens is 501 g/mol. The maximum absolute atomic E-state index is 12.8. The molecule has 2 atom stereocenters. The molecule has 0 bridgehead atoms. The minimum Gasteiger partial charge on any atom is -0.489 e. The number of nitrogens with zero attached hydrogens (tertiary/aromatic N) is 4. The van der Waals surface area contributed by atoms with Crippen LogP contribution in [0, 0.1) is 24.2 Å². The summed E-state index contributed by atoms with van der Waals surface area (Å²) < 4.78 is 8.22. The Labute approximate surface area is 220 Å². The number of aryl methyl sites for hydroxylation is 1. The summed E-state index contributed by atoms with van der Waals surface area (Å²) in [7, 11) is 0. The van der Waals surface area contributed by atoms with Crippen LogP contribution >= 0.6 is 24.0 Å². The predicted molar refractivity (Wildman–Crippen MR) is 138 cm³/mol. The van der Waals surface area contributed by atoms with Gasteiger partial charge in [-0.05, 0) is 67.6 Å². The molecule has 0 radical (unpaired) electrons. The van der Waals surface area contributed by atoms with Crippen LogP contribution in [0.3, 0.4) is 0 Å². The average Bonchev–Trinajstić information content (AvgIpc) is 3.07. The Bertz CT molecular complexity index is 1340. The quantitative estimate of drug-likeness (QED) is 0.501. The molecule has 1 N–H and O–H groups in total. The lowest BCUT2D eigenvalue weighted by atomic mass is 10.0. The fraction of sp³-hybridized carbons (Fsp3) is 0.462. The van der Waals surface area contributed by atoms with Crippen molar-refractivity contribution in [1.29, 1.82) is 0 Å². The van der Waals surface area contributed by atoms with E-state index in [0.29, 0.717) is 10.7 Å². The first-order chi connectivity index (χ1) is 16.8. The Kier molecular flexibility index (Phi) is 6.25. The Hall–Kier alpha value is -2.68. The number of benzene rings is 1. The highest BCUT2D eigenvalue weighted by atomic mass is 35.5. The molecule has 2 amide bonds. The normalized spacial score (nSPS) is 23.1. The lowest BCUT2D eigenvalue weighted by molar-refractivity contribution is -0.143. The summed E-state index contributed by atoms with van der Waals surface area (Å²) in [6.07, 6.45) is 5.35. The molecule has 2 aliphatic heterocycles. The van der Waals surface area contributed by atoms with Gasteiger partial charge in [-0.3, -0.25) is 14.5 Å². The van der Waals surface area contributed by atoms with Crippen molar-refractivity contribution in [3.63, 3.8) is 0 Å². The van der Waals surface area contributed by atoms with Crippen LogP contribution in [-0.4, -0.2) is 50.5 Å². The van der Waals surface area contributed by atoms with Gasteiger partial charge in [0.15, 0.2) is 0 Å². The van der Waals surface area contributed by atoms with Crippen LogP contribution < -0.4 is 10.1 Å². The molecule has 0 spiro atoms. The van der Waals surface area contributed by atoms with E-state index >= 15 is 0 Å². The Morgan fingerprint density at radius 2 is 1.83 bits per heavy atom. The molecular formula is C26H29Cl2N5O3. The summed E-state index contributed by atoms with van der Waals surface area (Å²) in [5, 5.41) is 8.34. The van der Waals surface area contributed by atoms with Gasteiger partial charge < -0.3 is 10.1 Å². The van der Waals surface area contributed by atoms with Crippen molar-refractivity contribution in [2.75, 3.05) is 13.1 Å². The largest absolute Gasteiger partial charge is 0.489 e. The number of likely N-dealkylation sites (tertiary alicyclic amines) is 1. The van der Waals surface area contributed by atoms with Crippen LogP contribution in [0.1, 0.15) is 37.8 Å². The molecule has 6 rings (SSSR count). The first-order valence-corrected chi connectivity index (χ1v) is 12.5. The summed E-state index contributed by atoms with van der Waals surface area (Å²) in [5.41, 5.74) is 3.83. The molecule has 2 aromatic heterocycles. The molecule has 10 heteroatoms. The number of fused-ring (bicyclic) bond motifs is 2. The topological polar surface area (TPSA) is 88.8 Å². The third kappa shape index (κ3) is 3.96. The van der Waals surface area contributed by atoms with Crippen molar-refractivity contribution in [2.24, 2.45) is 17.3 Å².